The molecule has 9 nitrogen and oxygen atoms in total. The fourth-order valence-electron chi connectivity index (χ4n) is 5.23. The summed E-state index contributed by atoms with van der Waals surface area (Å²) >= 11 is 0. The van der Waals surface area contributed by atoms with Gasteiger partial charge in [0.25, 0.3) is 0 Å². The Kier molecular flexibility index (Phi) is 35.7. The molecule has 0 aromatic heterocycles. The molecule has 0 aliphatic carbocycles. The van der Waals surface area contributed by atoms with Crippen LogP contribution in [0.1, 0.15) is 174 Å². The highest BCUT2D eigenvalue weighted by molar-refractivity contribution is 7.47. The van der Waals surface area contributed by atoms with Crippen molar-refractivity contribution in [1.29, 1.82) is 0 Å². The van der Waals surface area contributed by atoms with Crippen LogP contribution in [0, 0.1) is 0 Å². The first-order valence-electron chi connectivity index (χ1n) is 20.0. The minimum absolute atomic E-state index is 0.0499. The van der Waals surface area contributed by atoms with Gasteiger partial charge < -0.3 is 20.1 Å². The number of phosphoric acid groups is 1. The Bertz CT molecular complexity index is 923. The van der Waals surface area contributed by atoms with Gasteiger partial charge in [-0.1, -0.05) is 134 Å². The van der Waals surface area contributed by atoms with Gasteiger partial charge in [0.1, 0.15) is 6.61 Å². The molecule has 0 aliphatic rings. The fourth-order valence-corrected chi connectivity index (χ4v) is 6.00. The number of carbonyl (C=O) groups excluding carboxylic acids is 2. The number of esters is 2. The third-order valence-corrected chi connectivity index (χ3v) is 9.23. The first-order valence-corrected chi connectivity index (χ1v) is 21.5. The summed E-state index contributed by atoms with van der Waals surface area (Å²) in [6.45, 7) is 3.65. The number of unbranched alkanes of at least 4 members (excludes halogenated alkanes) is 18. The standard InChI is InChI=1S/C40H74NO8P/c1-3-5-7-9-11-13-15-17-19-21-22-24-26-28-30-32-39(42)46-36-38(37-48-50(44,45)47-35-34-41)49-40(43)33-31-29-27-25-23-20-18-16-14-12-10-8-6-4-2/h10,12-13,15-16,18,38H,3-9,11,14,17,19-37,41H2,1-2H3,(H,44,45)/b12-10+,15-13+,18-16+/t38-/m1/s1. The van der Waals surface area contributed by atoms with Crippen molar-refractivity contribution < 1.29 is 37.6 Å². The third kappa shape index (κ3) is 36.0. The molecule has 0 radical (unpaired) electrons. The molecule has 1 unspecified atom stereocenters. The molecular formula is C40H74NO8P. The second-order valence-corrected chi connectivity index (χ2v) is 14.6. The smallest absolute Gasteiger partial charge is 0.462 e. The van der Waals surface area contributed by atoms with Gasteiger partial charge in [-0.15, -0.1) is 0 Å². The summed E-state index contributed by atoms with van der Waals surface area (Å²) < 4.78 is 32.7. The van der Waals surface area contributed by atoms with Crippen LogP contribution in [0.3, 0.4) is 0 Å². The molecule has 0 spiro atoms. The second-order valence-electron chi connectivity index (χ2n) is 13.1. The number of rotatable bonds is 37. The van der Waals surface area contributed by atoms with Crippen LogP contribution in [0.5, 0.6) is 0 Å². The first-order chi connectivity index (χ1) is 24.3. The maximum Gasteiger partial charge on any atom is 0.472 e. The summed E-state index contributed by atoms with van der Waals surface area (Å²) in [6.07, 6.45) is 38.8. The summed E-state index contributed by atoms with van der Waals surface area (Å²) in [5, 5.41) is 0. The molecular weight excluding hydrogens is 653 g/mol. The number of hydrogen-bond acceptors (Lipinski definition) is 8. The predicted molar refractivity (Wildman–Crippen MR) is 206 cm³/mol. The van der Waals surface area contributed by atoms with Gasteiger partial charge in [-0.25, -0.2) is 4.57 Å². The molecule has 0 heterocycles. The Morgan fingerprint density at radius 1 is 0.600 bits per heavy atom. The van der Waals surface area contributed by atoms with Crippen LogP contribution < -0.4 is 5.73 Å². The van der Waals surface area contributed by atoms with Crippen molar-refractivity contribution in [1.82, 2.24) is 0 Å². The van der Waals surface area contributed by atoms with Crippen molar-refractivity contribution in [3.8, 4) is 0 Å². The van der Waals surface area contributed by atoms with E-state index in [1.54, 1.807) is 0 Å². The molecule has 0 amide bonds. The van der Waals surface area contributed by atoms with Crippen molar-refractivity contribution in [3.63, 3.8) is 0 Å². The fraction of sp³-hybridized carbons (Fsp3) is 0.800. The van der Waals surface area contributed by atoms with Crippen molar-refractivity contribution >= 4 is 19.8 Å². The zero-order valence-electron chi connectivity index (χ0n) is 31.9. The van der Waals surface area contributed by atoms with Gasteiger partial charge in [0.15, 0.2) is 6.10 Å². The van der Waals surface area contributed by atoms with E-state index in [-0.39, 0.29) is 32.6 Å². The van der Waals surface area contributed by atoms with Gasteiger partial charge in [-0.05, 0) is 64.2 Å². The SMILES string of the molecule is CCCC/C=C/C/C=C/CCCCCCCC(=O)O[C@H](COC(=O)CCCCCCCCC/C=C/CCCCCC)COP(=O)(O)OCCN. The van der Waals surface area contributed by atoms with Crippen molar-refractivity contribution in [3.05, 3.63) is 36.5 Å². The van der Waals surface area contributed by atoms with Crippen LogP contribution in [0.2, 0.25) is 0 Å². The molecule has 0 fully saturated rings. The van der Waals surface area contributed by atoms with E-state index in [1.807, 2.05) is 0 Å². The van der Waals surface area contributed by atoms with E-state index in [1.165, 1.54) is 64.2 Å². The van der Waals surface area contributed by atoms with Gasteiger partial charge >= 0.3 is 19.8 Å². The van der Waals surface area contributed by atoms with E-state index in [0.717, 1.165) is 77.0 Å². The lowest BCUT2D eigenvalue weighted by Gasteiger charge is -2.19. The summed E-state index contributed by atoms with van der Waals surface area (Å²) in [5.41, 5.74) is 5.33. The lowest BCUT2D eigenvalue weighted by molar-refractivity contribution is -0.161. The molecule has 50 heavy (non-hydrogen) atoms. The molecule has 0 aromatic rings. The van der Waals surface area contributed by atoms with Gasteiger partial charge in [-0.2, -0.15) is 0 Å². The second kappa shape index (κ2) is 37.0. The first kappa shape index (κ1) is 48.2. The Balaban J connectivity index is 4.22. The predicted octanol–water partition coefficient (Wildman–Crippen LogP) is 11.0. The lowest BCUT2D eigenvalue weighted by atomic mass is 10.1. The monoisotopic (exact) mass is 728 g/mol. The molecule has 292 valence electrons. The zero-order valence-corrected chi connectivity index (χ0v) is 32.8. The van der Waals surface area contributed by atoms with E-state index in [0.29, 0.717) is 6.42 Å². The van der Waals surface area contributed by atoms with Crippen LogP contribution in [0.4, 0.5) is 0 Å². The van der Waals surface area contributed by atoms with Crippen LogP contribution >= 0.6 is 7.82 Å². The van der Waals surface area contributed by atoms with Gasteiger partial charge in [0, 0.05) is 19.4 Å². The number of allylic oxidation sites excluding steroid dienone is 6. The zero-order chi connectivity index (χ0) is 36.8. The Morgan fingerprint density at radius 3 is 1.60 bits per heavy atom. The summed E-state index contributed by atoms with van der Waals surface area (Å²) in [7, 11) is -4.38. The molecule has 0 bridgehead atoms. The van der Waals surface area contributed by atoms with E-state index >= 15 is 0 Å². The van der Waals surface area contributed by atoms with E-state index in [4.69, 9.17) is 24.3 Å². The number of ether oxygens (including phenoxy) is 2. The topological polar surface area (TPSA) is 134 Å². The molecule has 3 N–H and O–H groups in total. The summed E-state index contributed by atoms with van der Waals surface area (Å²) in [5.74, 6) is -0.851. The number of nitrogens with two attached hydrogens (primary N) is 1. The van der Waals surface area contributed by atoms with E-state index in [9.17, 15) is 19.0 Å². The number of hydrogen-bond donors (Lipinski definition) is 2. The quantitative estimate of drug-likeness (QED) is 0.0277. The Hall–Kier alpha value is -1.77. The average molecular weight is 728 g/mol. The Labute approximate surface area is 305 Å². The molecule has 0 rings (SSSR count). The number of carbonyl (C=O) groups is 2. The summed E-state index contributed by atoms with van der Waals surface area (Å²) in [6, 6.07) is 0. The lowest BCUT2D eigenvalue weighted by Crippen LogP contribution is -2.29. The van der Waals surface area contributed by atoms with E-state index < -0.39 is 32.5 Å². The van der Waals surface area contributed by atoms with E-state index in [2.05, 4.69) is 50.3 Å². The normalized spacial score (nSPS) is 13.8. The highest BCUT2D eigenvalue weighted by Gasteiger charge is 2.25. The molecule has 0 aliphatic heterocycles. The molecule has 0 aromatic carbocycles. The van der Waals surface area contributed by atoms with Crippen molar-refractivity contribution in [2.45, 2.75) is 180 Å². The minimum atomic E-state index is -4.38. The largest absolute Gasteiger partial charge is 0.472 e. The van der Waals surface area contributed by atoms with Crippen molar-refractivity contribution in [2.75, 3.05) is 26.4 Å². The Morgan fingerprint density at radius 2 is 1.06 bits per heavy atom. The van der Waals surface area contributed by atoms with Crippen molar-refractivity contribution in [2.24, 2.45) is 5.73 Å². The third-order valence-electron chi connectivity index (χ3n) is 8.25. The number of phosphoric ester groups is 1. The molecule has 10 heteroatoms. The van der Waals surface area contributed by atoms with Gasteiger partial charge in [-0.3, -0.25) is 18.6 Å². The van der Waals surface area contributed by atoms with Crippen LogP contribution in [0.15, 0.2) is 36.5 Å². The summed E-state index contributed by atoms with van der Waals surface area (Å²) in [4.78, 5) is 34.7. The minimum Gasteiger partial charge on any atom is -0.462 e. The van der Waals surface area contributed by atoms with Gasteiger partial charge in [0.2, 0.25) is 0 Å². The highest BCUT2D eigenvalue weighted by Crippen LogP contribution is 2.43. The molecule has 2 atom stereocenters. The maximum absolute atomic E-state index is 12.5. The van der Waals surface area contributed by atoms with Crippen LogP contribution in [0.25, 0.3) is 0 Å². The maximum atomic E-state index is 12.5. The van der Waals surface area contributed by atoms with Gasteiger partial charge in [0.05, 0.1) is 13.2 Å². The van der Waals surface area contributed by atoms with Crippen LogP contribution in [-0.4, -0.2) is 49.3 Å². The molecule has 0 saturated carbocycles. The average Bonchev–Trinajstić information content (AvgIpc) is 3.10. The van der Waals surface area contributed by atoms with Crippen LogP contribution in [-0.2, 0) is 32.7 Å². The highest BCUT2D eigenvalue weighted by atomic mass is 31.2. The molecule has 0 saturated heterocycles.